The third kappa shape index (κ3) is 7.27. The van der Waals surface area contributed by atoms with Crippen molar-refractivity contribution >= 4 is 29.0 Å². The molecule has 13 heteroatoms. The van der Waals surface area contributed by atoms with E-state index in [1.165, 1.54) is 24.1 Å². The lowest BCUT2D eigenvalue weighted by atomic mass is 9.65. The van der Waals surface area contributed by atoms with Crippen LogP contribution in [0.25, 0.3) is 11.0 Å². The van der Waals surface area contributed by atoms with Gasteiger partial charge in [-0.25, -0.2) is 19.6 Å². The molecule has 2 N–H and O–H groups in total. The number of alkyl carbamates (subject to hydrolysis) is 1. The largest absolute Gasteiger partial charge is 0.497 e. The van der Waals surface area contributed by atoms with Gasteiger partial charge in [0, 0.05) is 24.3 Å². The van der Waals surface area contributed by atoms with Gasteiger partial charge in [-0.05, 0) is 42.2 Å². The lowest BCUT2D eigenvalue weighted by molar-refractivity contribution is -0.170. The van der Waals surface area contributed by atoms with Crippen LogP contribution in [0.4, 0.5) is 13.6 Å². The zero-order valence-corrected chi connectivity index (χ0v) is 30.2. The van der Waals surface area contributed by atoms with Gasteiger partial charge in [-0.3, -0.25) is 4.79 Å². The number of amides is 2. The summed E-state index contributed by atoms with van der Waals surface area (Å²) in [6, 6.07) is 3.41. The molecule has 1 saturated carbocycles. The second-order valence-electron chi connectivity index (χ2n) is 15.3. The molecule has 1 aliphatic carbocycles. The van der Waals surface area contributed by atoms with Crippen molar-refractivity contribution in [3.63, 3.8) is 0 Å². The fraction of sp³-hybridized carbons (Fsp3) is 0.595. The molecule has 2 heterocycles. The van der Waals surface area contributed by atoms with Crippen LogP contribution in [0.15, 0.2) is 43.5 Å². The first-order chi connectivity index (χ1) is 23.3. The number of alkyl halides is 2. The van der Waals surface area contributed by atoms with Crippen molar-refractivity contribution < 1.29 is 42.5 Å². The molecule has 1 unspecified atom stereocenters. The number of methoxy groups -OCH3 is 1. The summed E-state index contributed by atoms with van der Waals surface area (Å²) in [7, 11) is 1.46. The Labute approximate surface area is 292 Å². The molecule has 0 spiro atoms. The number of carbonyl (C=O) groups is 3. The number of aromatic nitrogens is 2. The van der Waals surface area contributed by atoms with Crippen molar-refractivity contribution in [2.24, 2.45) is 22.7 Å². The van der Waals surface area contributed by atoms with Crippen LogP contribution in [0.5, 0.6) is 11.6 Å². The normalized spacial score (nSPS) is 24.3. The average Bonchev–Trinajstić information content (AvgIpc) is 3.64. The second-order valence-corrected chi connectivity index (χ2v) is 15.3. The number of ether oxygens (including phenoxy) is 3. The van der Waals surface area contributed by atoms with E-state index < -0.39 is 76.3 Å². The highest BCUT2D eigenvalue weighted by atomic mass is 19.3. The van der Waals surface area contributed by atoms with E-state index in [4.69, 9.17) is 14.2 Å². The number of aliphatic carboxylic acids is 1. The Morgan fingerprint density at radius 3 is 2.32 bits per heavy atom. The number of carboxylic acids is 1. The van der Waals surface area contributed by atoms with Crippen molar-refractivity contribution in [3.05, 3.63) is 49.2 Å². The molecule has 2 aliphatic rings. The Morgan fingerprint density at radius 1 is 1.10 bits per heavy atom. The number of hydrogen-bond donors (Lipinski definition) is 2. The molecule has 0 bridgehead atoms. The molecular weight excluding hydrogens is 650 g/mol. The van der Waals surface area contributed by atoms with Gasteiger partial charge < -0.3 is 29.5 Å². The smallest absolute Gasteiger partial charge is 0.408 e. The number of carboxylic acid groups (broad SMARTS) is 1. The standard InChI is InChI=1S/C37H50F2N4O7/c1-11-14-21-18-26(21)50-33(47)42-29(34(4,5)6)31(44)43-20-27(23(13-3)37(43,32(45)46)35(7,8)9)49-30-28(36(38,39)17-12-2)40-24-16-15-22(48-10)19-25(24)41-30/h11-12,15-16,19,21,23,26-27,29H,1-2,13-14,17-18,20H2,3-10H3,(H,42,47)(H,45,46)/t21-,23-,26-,27+,29?,37-/m1/s1. The van der Waals surface area contributed by atoms with Crippen LogP contribution in [0.2, 0.25) is 0 Å². The third-order valence-electron chi connectivity index (χ3n) is 9.76. The first-order valence-electron chi connectivity index (χ1n) is 16.9. The maximum atomic E-state index is 15.6. The van der Waals surface area contributed by atoms with Crippen molar-refractivity contribution in [3.8, 4) is 11.6 Å². The Morgan fingerprint density at radius 2 is 1.78 bits per heavy atom. The molecule has 11 nitrogen and oxygen atoms in total. The highest BCUT2D eigenvalue weighted by molar-refractivity contribution is 5.93. The Bertz CT molecular complexity index is 1640. The van der Waals surface area contributed by atoms with E-state index in [0.717, 1.165) is 6.08 Å². The van der Waals surface area contributed by atoms with Gasteiger partial charge in [-0.2, -0.15) is 8.78 Å². The molecule has 1 saturated heterocycles. The molecule has 0 radical (unpaired) electrons. The number of hydrogen-bond acceptors (Lipinski definition) is 8. The zero-order valence-electron chi connectivity index (χ0n) is 30.2. The van der Waals surface area contributed by atoms with Crippen molar-refractivity contribution in [1.82, 2.24) is 20.2 Å². The molecule has 2 fully saturated rings. The van der Waals surface area contributed by atoms with Crippen LogP contribution in [-0.2, 0) is 20.2 Å². The number of rotatable bonds is 13. The van der Waals surface area contributed by atoms with Crippen LogP contribution in [0.3, 0.4) is 0 Å². The highest BCUT2D eigenvalue weighted by Gasteiger charge is 2.67. The van der Waals surface area contributed by atoms with Crippen molar-refractivity contribution in [2.45, 2.75) is 104 Å². The number of fused-ring (bicyclic) bond motifs is 1. The Balaban J connectivity index is 1.81. The quantitative estimate of drug-likeness (QED) is 0.214. The molecule has 2 aromatic rings. The number of allylic oxidation sites excluding steroid dienone is 2. The number of likely N-dealkylation sites (tertiary alicyclic amines) is 1. The first-order valence-corrected chi connectivity index (χ1v) is 16.9. The number of benzene rings is 1. The van der Waals surface area contributed by atoms with Crippen LogP contribution in [0.1, 0.15) is 79.8 Å². The molecule has 1 aromatic heterocycles. The van der Waals surface area contributed by atoms with E-state index in [9.17, 15) is 19.5 Å². The summed E-state index contributed by atoms with van der Waals surface area (Å²) in [5.41, 5.74) is -4.21. The van der Waals surface area contributed by atoms with Crippen LogP contribution in [0, 0.1) is 22.7 Å². The maximum absolute atomic E-state index is 15.6. The van der Waals surface area contributed by atoms with Crippen molar-refractivity contribution in [2.75, 3.05) is 13.7 Å². The van der Waals surface area contributed by atoms with Gasteiger partial charge in [0.15, 0.2) is 11.2 Å². The minimum atomic E-state index is -3.53. The predicted molar refractivity (Wildman–Crippen MR) is 184 cm³/mol. The number of nitrogens with one attached hydrogen (secondary N) is 1. The number of carbonyl (C=O) groups excluding carboxylic acids is 2. The minimum absolute atomic E-state index is 0.160. The van der Waals surface area contributed by atoms with E-state index >= 15 is 8.78 Å². The number of nitrogens with zero attached hydrogens (tertiary/aromatic N) is 3. The summed E-state index contributed by atoms with van der Waals surface area (Å²) in [6.45, 7) is 19.0. The molecule has 2 amide bonds. The Hall–Kier alpha value is -4.29. The molecule has 1 aliphatic heterocycles. The van der Waals surface area contributed by atoms with E-state index in [1.54, 1.807) is 60.6 Å². The summed E-state index contributed by atoms with van der Waals surface area (Å²) in [6.07, 6.45) is 1.45. The van der Waals surface area contributed by atoms with E-state index in [1.807, 2.05) is 0 Å². The lowest BCUT2D eigenvalue weighted by Crippen LogP contribution is -2.67. The topological polar surface area (TPSA) is 140 Å². The minimum Gasteiger partial charge on any atom is -0.497 e. The van der Waals surface area contributed by atoms with Gasteiger partial charge >= 0.3 is 12.1 Å². The monoisotopic (exact) mass is 700 g/mol. The molecule has 1 aromatic carbocycles. The summed E-state index contributed by atoms with van der Waals surface area (Å²) < 4.78 is 48.5. The molecular formula is C37H50F2N4O7. The first kappa shape index (κ1) is 38.5. The fourth-order valence-electron chi connectivity index (χ4n) is 7.22. The zero-order chi connectivity index (χ0) is 37.4. The summed E-state index contributed by atoms with van der Waals surface area (Å²) in [5, 5.41) is 13.8. The van der Waals surface area contributed by atoms with Crippen LogP contribution < -0.4 is 14.8 Å². The summed E-state index contributed by atoms with van der Waals surface area (Å²) >= 11 is 0. The molecule has 50 heavy (non-hydrogen) atoms. The van der Waals surface area contributed by atoms with E-state index in [2.05, 4.69) is 28.4 Å². The van der Waals surface area contributed by atoms with Gasteiger partial charge in [-0.15, -0.1) is 13.2 Å². The van der Waals surface area contributed by atoms with Gasteiger partial charge in [0.2, 0.25) is 11.8 Å². The lowest BCUT2D eigenvalue weighted by Gasteiger charge is -2.49. The molecule has 274 valence electrons. The Kier molecular flexibility index (Phi) is 10.9. The molecule has 6 atom stereocenters. The number of halogens is 2. The second kappa shape index (κ2) is 14.1. The van der Waals surface area contributed by atoms with E-state index in [0.29, 0.717) is 18.6 Å². The van der Waals surface area contributed by atoms with Gasteiger partial charge in [-0.1, -0.05) is 60.6 Å². The van der Waals surface area contributed by atoms with Crippen LogP contribution >= 0.6 is 0 Å². The maximum Gasteiger partial charge on any atom is 0.408 e. The summed E-state index contributed by atoms with van der Waals surface area (Å²) in [4.78, 5) is 51.4. The summed E-state index contributed by atoms with van der Waals surface area (Å²) in [5.74, 6) is -6.29. The van der Waals surface area contributed by atoms with Gasteiger partial charge in [0.05, 0.1) is 24.7 Å². The highest BCUT2D eigenvalue weighted by Crippen LogP contribution is 2.51. The van der Waals surface area contributed by atoms with Crippen molar-refractivity contribution in [1.29, 1.82) is 0 Å². The average molecular weight is 701 g/mol. The third-order valence-corrected chi connectivity index (χ3v) is 9.76. The predicted octanol–water partition coefficient (Wildman–Crippen LogP) is 6.90. The van der Waals surface area contributed by atoms with E-state index in [-0.39, 0.29) is 36.0 Å². The fourth-order valence-corrected chi connectivity index (χ4v) is 7.22. The molecule has 4 rings (SSSR count). The SMILES string of the molecule is C=CC[C@@H]1C[C@H]1OC(=O)NC(C(=O)N1C[C@H](Oc2nc3cc(OC)ccc3nc2C(F)(F)CC=C)[C@@H](CC)[C@@]1(C(=O)O)C(C)(C)C)C(C)(C)C. The van der Waals surface area contributed by atoms with Gasteiger partial charge in [0.25, 0.3) is 5.92 Å². The van der Waals surface area contributed by atoms with Gasteiger partial charge in [0.1, 0.15) is 24.0 Å². The van der Waals surface area contributed by atoms with Crippen LogP contribution in [-0.4, -0.2) is 75.4 Å².